The van der Waals surface area contributed by atoms with Crippen LogP contribution in [0.1, 0.15) is 35.4 Å². The Bertz CT molecular complexity index is 1860. The Kier molecular flexibility index (Phi) is 7.46. The van der Waals surface area contributed by atoms with Gasteiger partial charge < -0.3 is 9.84 Å². The number of halogens is 1. The number of rotatable bonds is 6. The lowest BCUT2D eigenvalue weighted by molar-refractivity contribution is -0.126. The second kappa shape index (κ2) is 11.4. The molecule has 4 amide bonds. The summed E-state index contributed by atoms with van der Waals surface area (Å²) in [6, 6.07) is 17.7. The van der Waals surface area contributed by atoms with Gasteiger partial charge in [-0.15, -0.1) is 0 Å². The van der Waals surface area contributed by atoms with Gasteiger partial charge in [0.05, 0.1) is 45.7 Å². The van der Waals surface area contributed by atoms with Gasteiger partial charge in [0.2, 0.25) is 23.6 Å². The molecule has 7 rings (SSSR count). The fraction of sp³-hybridized carbons (Fsp3) is 0.243. The van der Waals surface area contributed by atoms with E-state index in [1.54, 1.807) is 54.6 Å². The van der Waals surface area contributed by atoms with Crippen LogP contribution in [0.15, 0.2) is 85.5 Å². The smallest absolute Gasteiger partial charge is 0.238 e. The van der Waals surface area contributed by atoms with Crippen molar-refractivity contribution in [3.8, 4) is 11.5 Å². The van der Waals surface area contributed by atoms with Gasteiger partial charge in [0.25, 0.3) is 0 Å². The molecule has 0 radical (unpaired) electrons. The zero-order chi connectivity index (χ0) is 32.4. The zero-order valence-electron chi connectivity index (χ0n) is 25.1. The maximum atomic E-state index is 14.3. The van der Waals surface area contributed by atoms with Crippen molar-refractivity contribution in [3.63, 3.8) is 0 Å². The Morgan fingerprint density at radius 2 is 1.33 bits per heavy atom. The zero-order valence-corrected chi connectivity index (χ0v) is 27.2. The number of benzene rings is 3. The van der Waals surface area contributed by atoms with E-state index < -0.39 is 35.5 Å². The summed E-state index contributed by atoms with van der Waals surface area (Å²) in [5.41, 5.74) is 4.29. The van der Waals surface area contributed by atoms with E-state index >= 15 is 0 Å². The summed E-state index contributed by atoms with van der Waals surface area (Å²) in [6.45, 7) is 7.57. The first-order chi connectivity index (χ1) is 22.2. The summed E-state index contributed by atoms with van der Waals surface area (Å²) in [5, 5.41) is 10.6. The average molecular weight is 727 g/mol. The number of nitrogens with zero attached hydrogens (tertiary/aromatic N) is 2. The molecule has 6 atom stereocenters. The third-order valence-electron chi connectivity index (χ3n) is 10.1. The van der Waals surface area contributed by atoms with Gasteiger partial charge in [0, 0.05) is 5.92 Å². The van der Waals surface area contributed by atoms with Crippen molar-refractivity contribution >= 4 is 69.7 Å². The molecule has 3 fully saturated rings. The fourth-order valence-electron chi connectivity index (χ4n) is 7.92. The third-order valence-corrected chi connectivity index (χ3v) is 10.9. The number of carbonyl (C=O) groups excluding carboxylic acids is 4. The highest BCUT2D eigenvalue weighted by Gasteiger charge is 2.62. The Morgan fingerprint density at radius 1 is 0.783 bits per heavy atom. The number of phenols is 1. The van der Waals surface area contributed by atoms with Gasteiger partial charge in [-0.1, -0.05) is 61.2 Å². The van der Waals surface area contributed by atoms with E-state index in [0.29, 0.717) is 26.9 Å². The molecular formula is C37H31IN2O6. The molecule has 8 nitrogen and oxygen atoms in total. The lowest BCUT2D eigenvalue weighted by Crippen LogP contribution is -2.43. The van der Waals surface area contributed by atoms with Gasteiger partial charge >= 0.3 is 0 Å². The summed E-state index contributed by atoms with van der Waals surface area (Å²) in [6.07, 6.45) is 6.01. The molecule has 0 aromatic heterocycles. The molecule has 3 aromatic rings. The van der Waals surface area contributed by atoms with Crippen LogP contribution in [0.2, 0.25) is 0 Å². The number of methoxy groups -OCH3 is 1. The number of fused-ring (bicyclic) bond motifs is 4. The molecule has 2 aliphatic carbocycles. The number of ether oxygens (including phenoxy) is 1. The SMILES string of the molecule is C=Cc1ccc(N2C(=O)[C@H]3[C@H](CC=C4[C@H]3C[C@H]3C(=O)N(c5ccc(C=C)cc5)C(=O)[C@H]3[C@H]4c3cc(I)c(O)c(OC)c3)C2=O)cc1. The monoisotopic (exact) mass is 726 g/mol. The number of hydrogen-bond donors (Lipinski definition) is 1. The van der Waals surface area contributed by atoms with Crippen molar-refractivity contribution in [1.29, 1.82) is 0 Å². The molecular weight excluding hydrogens is 695 g/mol. The largest absolute Gasteiger partial charge is 0.504 e. The second-order valence-electron chi connectivity index (χ2n) is 12.2. The summed E-state index contributed by atoms with van der Waals surface area (Å²) < 4.78 is 6.03. The van der Waals surface area contributed by atoms with E-state index in [2.05, 4.69) is 13.2 Å². The highest BCUT2D eigenvalue weighted by Crippen LogP contribution is 2.59. The van der Waals surface area contributed by atoms with Crippen molar-refractivity contribution in [2.24, 2.45) is 29.6 Å². The van der Waals surface area contributed by atoms with Gasteiger partial charge in [0.1, 0.15) is 0 Å². The number of hydrogen-bond acceptors (Lipinski definition) is 6. The van der Waals surface area contributed by atoms with E-state index in [1.165, 1.54) is 16.9 Å². The molecule has 0 bridgehead atoms. The molecule has 2 aliphatic heterocycles. The maximum absolute atomic E-state index is 14.3. The predicted molar refractivity (Wildman–Crippen MR) is 183 cm³/mol. The molecule has 4 aliphatic rings. The number of phenolic OH excluding ortho intramolecular Hbond substituents is 1. The first-order valence-corrected chi connectivity index (χ1v) is 16.2. The molecule has 232 valence electrons. The van der Waals surface area contributed by atoms with Crippen molar-refractivity contribution < 1.29 is 29.0 Å². The van der Waals surface area contributed by atoms with E-state index in [4.69, 9.17) is 4.74 Å². The van der Waals surface area contributed by atoms with Gasteiger partial charge in [-0.25, -0.2) is 0 Å². The van der Waals surface area contributed by atoms with Crippen LogP contribution in [-0.4, -0.2) is 35.8 Å². The third kappa shape index (κ3) is 4.46. The normalized spacial score (nSPS) is 26.8. The number of allylic oxidation sites excluding steroid dienone is 2. The minimum atomic E-state index is -0.731. The molecule has 0 spiro atoms. The van der Waals surface area contributed by atoms with Crippen LogP contribution in [0.25, 0.3) is 12.2 Å². The predicted octanol–water partition coefficient (Wildman–Crippen LogP) is 6.34. The van der Waals surface area contributed by atoms with Crippen molar-refractivity contribution in [2.75, 3.05) is 16.9 Å². The topological polar surface area (TPSA) is 104 Å². The van der Waals surface area contributed by atoms with Gasteiger partial charge in [0.15, 0.2) is 11.5 Å². The maximum Gasteiger partial charge on any atom is 0.238 e. The lowest BCUT2D eigenvalue weighted by Gasteiger charge is -2.44. The van der Waals surface area contributed by atoms with E-state index in [9.17, 15) is 24.3 Å². The highest BCUT2D eigenvalue weighted by atomic mass is 127. The van der Waals surface area contributed by atoms with Crippen LogP contribution < -0.4 is 14.5 Å². The van der Waals surface area contributed by atoms with E-state index in [-0.39, 0.29) is 41.5 Å². The number of imide groups is 2. The highest BCUT2D eigenvalue weighted by molar-refractivity contribution is 14.1. The summed E-state index contributed by atoms with van der Waals surface area (Å²) in [4.78, 5) is 59.1. The van der Waals surface area contributed by atoms with Crippen LogP contribution in [0, 0.1) is 33.2 Å². The van der Waals surface area contributed by atoms with Gasteiger partial charge in [-0.3, -0.25) is 29.0 Å². The standard InChI is InChI=1S/C37H31IN2O6/c1-4-19-6-10-22(11-7-19)39-34(42)25-15-14-24-26(31(25)36(39)44)18-27-32(30(24)21-16-28(38)33(41)29(17-21)46-3)37(45)40(35(27)43)23-12-8-20(5-2)9-13-23/h4-14,16-17,25-27,30-32,41H,1-2,15,18H2,3H3/t25-,26+,27+,30-,31-,32+/m0/s1. The average Bonchev–Trinajstić information content (AvgIpc) is 3.48. The summed E-state index contributed by atoms with van der Waals surface area (Å²) in [5.74, 6) is -4.61. The molecule has 1 saturated carbocycles. The molecule has 0 unspecified atom stereocenters. The number of amides is 4. The number of aromatic hydroxyl groups is 1. The first-order valence-electron chi connectivity index (χ1n) is 15.2. The van der Waals surface area contributed by atoms with E-state index in [1.807, 2.05) is 46.9 Å². The van der Waals surface area contributed by atoms with Crippen LogP contribution in [0.3, 0.4) is 0 Å². The Balaban J connectivity index is 1.34. The van der Waals surface area contributed by atoms with Crippen LogP contribution in [-0.2, 0) is 19.2 Å². The first kappa shape index (κ1) is 30.2. The molecule has 9 heteroatoms. The van der Waals surface area contributed by atoms with Crippen LogP contribution in [0.4, 0.5) is 11.4 Å². The van der Waals surface area contributed by atoms with Crippen LogP contribution >= 0.6 is 22.6 Å². The van der Waals surface area contributed by atoms with Crippen LogP contribution in [0.5, 0.6) is 11.5 Å². The molecule has 2 saturated heterocycles. The molecule has 2 heterocycles. The summed E-state index contributed by atoms with van der Waals surface area (Å²) in [7, 11) is 1.46. The Hall–Kier alpha value is -4.51. The van der Waals surface area contributed by atoms with E-state index in [0.717, 1.165) is 16.7 Å². The van der Waals surface area contributed by atoms with Gasteiger partial charge in [-0.05, 0) is 94.4 Å². The Morgan fingerprint density at radius 3 is 1.87 bits per heavy atom. The van der Waals surface area contributed by atoms with Gasteiger partial charge in [-0.2, -0.15) is 0 Å². The fourth-order valence-corrected chi connectivity index (χ4v) is 8.55. The minimum Gasteiger partial charge on any atom is -0.504 e. The molecule has 1 N–H and O–H groups in total. The molecule has 3 aromatic carbocycles. The van der Waals surface area contributed by atoms with Crippen molar-refractivity contribution in [3.05, 3.63) is 106 Å². The molecule has 46 heavy (non-hydrogen) atoms. The Labute approximate surface area is 280 Å². The number of carbonyl (C=O) groups is 4. The van der Waals surface area contributed by atoms with Crippen molar-refractivity contribution in [2.45, 2.75) is 18.8 Å². The minimum absolute atomic E-state index is 0.0131. The number of anilines is 2. The second-order valence-corrected chi connectivity index (χ2v) is 13.4. The summed E-state index contributed by atoms with van der Waals surface area (Å²) >= 11 is 2.03. The quantitative estimate of drug-likeness (QED) is 0.181. The lowest BCUT2D eigenvalue weighted by atomic mass is 9.57. The van der Waals surface area contributed by atoms with Crippen molar-refractivity contribution in [1.82, 2.24) is 0 Å².